The van der Waals surface area contributed by atoms with Crippen LogP contribution in [0.5, 0.6) is 0 Å². The van der Waals surface area contributed by atoms with Gasteiger partial charge >= 0.3 is 24.0 Å². The molecular weight excluding hydrogens is 368 g/mol. The monoisotopic (exact) mass is 390 g/mol. The van der Waals surface area contributed by atoms with Crippen LogP contribution in [-0.2, 0) is 19.1 Å². The lowest BCUT2D eigenvalue weighted by Gasteiger charge is -2.13. The normalized spacial score (nSPS) is 11.1. The zero-order valence-corrected chi connectivity index (χ0v) is 15.9. The topological polar surface area (TPSA) is 135 Å². The van der Waals surface area contributed by atoms with Crippen molar-refractivity contribution in [1.29, 1.82) is 0 Å². The summed E-state index contributed by atoms with van der Waals surface area (Å²) >= 11 is 0. The van der Waals surface area contributed by atoms with Crippen molar-refractivity contribution >= 4 is 35.4 Å². The predicted molar refractivity (Wildman–Crippen MR) is 102 cm³/mol. The molecule has 1 aromatic carbocycles. The van der Waals surface area contributed by atoms with Gasteiger partial charge in [-0.15, -0.1) is 0 Å². The van der Waals surface area contributed by atoms with E-state index >= 15 is 0 Å². The summed E-state index contributed by atoms with van der Waals surface area (Å²) in [7, 11) is 2.45. The number of amides is 4. The Bertz CT molecular complexity index is 749. The Labute approximate surface area is 162 Å². The molecule has 0 fully saturated rings. The van der Waals surface area contributed by atoms with E-state index in [9.17, 15) is 19.2 Å². The van der Waals surface area contributed by atoms with Crippen LogP contribution in [0.3, 0.4) is 0 Å². The molecular formula is C18H22N4O6. The number of anilines is 2. The molecule has 4 N–H and O–H groups in total. The predicted octanol–water partition coefficient (Wildman–Crippen LogP) is 2.08. The standard InChI is InChI=1S/C18H22N4O6/c1-11(9-15(23)27-3)19-17(25)21-13-7-5-6-8-14(13)22-18(26)20-12(2)10-16(24)28-4/h5-10H,1-4H3,(H2,19,21,25)(H2,20,22,26)/b11-9-,12-10-. The Kier molecular flexibility index (Phi) is 8.74. The van der Waals surface area contributed by atoms with E-state index in [1.165, 1.54) is 28.1 Å². The fraction of sp³-hybridized carbons (Fsp3) is 0.222. The van der Waals surface area contributed by atoms with E-state index in [0.29, 0.717) is 11.4 Å². The number of urea groups is 2. The van der Waals surface area contributed by atoms with E-state index < -0.39 is 24.0 Å². The first-order valence-corrected chi connectivity index (χ1v) is 8.02. The molecule has 10 heteroatoms. The van der Waals surface area contributed by atoms with Gasteiger partial charge in [0.2, 0.25) is 0 Å². The first-order chi connectivity index (χ1) is 13.2. The highest BCUT2D eigenvalue weighted by Crippen LogP contribution is 2.20. The van der Waals surface area contributed by atoms with Gasteiger partial charge in [-0.25, -0.2) is 19.2 Å². The van der Waals surface area contributed by atoms with Gasteiger partial charge in [0, 0.05) is 23.5 Å². The summed E-state index contributed by atoms with van der Waals surface area (Å²) in [4.78, 5) is 46.4. The van der Waals surface area contributed by atoms with Crippen LogP contribution in [0.2, 0.25) is 0 Å². The van der Waals surface area contributed by atoms with Gasteiger partial charge in [-0.05, 0) is 26.0 Å². The third kappa shape index (κ3) is 8.04. The smallest absolute Gasteiger partial charge is 0.332 e. The summed E-state index contributed by atoms with van der Waals surface area (Å²) in [5, 5.41) is 10.0. The molecule has 0 aliphatic carbocycles. The van der Waals surface area contributed by atoms with E-state index in [1.807, 2.05) is 0 Å². The van der Waals surface area contributed by atoms with Crippen molar-refractivity contribution in [1.82, 2.24) is 10.6 Å². The quantitative estimate of drug-likeness (QED) is 0.434. The Balaban J connectivity index is 2.77. The van der Waals surface area contributed by atoms with Crippen LogP contribution in [0, 0.1) is 0 Å². The minimum atomic E-state index is -0.617. The van der Waals surface area contributed by atoms with Crippen LogP contribution in [0.1, 0.15) is 13.8 Å². The first-order valence-electron chi connectivity index (χ1n) is 8.02. The molecule has 1 rings (SSSR count). The number of para-hydroxylation sites is 2. The lowest BCUT2D eigenvalue weighted by molar-refractivity contribution is -0.135. The van der Waals surface area contributed by atoms with Crippen LogP contribution in [0.25, 0.3) is 0 Å². The zero-order chi connectivity index (χ0) is 21.1. The van der Waals surface area contributed by atoms with Crippen molar-refractivity contribution < 1.29 is 28.7 Å². The van der Waals surface area contributed by atoms with Crippen molar-refractivity contribution in [3.63, 3.8) is 0 Å². The number of nitrogens with one attached hydrogen (secondary N) is 4. The fourth-order valence-electron chi connectivity index (χ4n) is 1.91. The van der Waals surface area contributed by atoms with Gasteiger partial charge in [-0.3, -0.25) is 0 Å². The van der Waals surface area contributed by atoms with Crippen molar-refractivity contribution in [2.75, 3.05) is 24.9 Å². The number of benzene rings is 1. The number of methoxy groups -OCH3 is 2. The number of allylic oxidation sites excluding steroid dienone is 2. The molecule has 0 saturated heterocycles. The molecule has 0 spiro atoms. The van der Waals surface area contributed by atoms with E-state index in [4.69, 9.17) is 0 Å². The second kappa shape index (κ2) is 11.0. The number of carbonyl (C=O) groups is 4. The number of esters is 2. The molecule has 150 valence electrons. The molecule has 0 aliphatic rings. The summed E-state index contributed by atoms with van der Waals surface area (Å²) in [5.74, 6) is -1.21. The van der Waals surface area contributed by atoms with Crippen LogP contribution in [-0.4, -0.2) is 38.2 Å². The molecule has 10 nitrogen and oxygen atoms in total. The number of hydrogen-bond donors (Lipinski definition) is 4. The highest BCUT2D eigenvalue weighted by Gasteiger charge is 2.10. The lowest BCUT2D eigenvalue weighted by atomic mass is 10.2. The van der Waals surface area contributed by atoms with Gasteiger partial charge in [0.25, 0.3) is 0 Å². The zero-order valence-electron chi connectivity index (χ0n) is 15.9. The molecule has 0 saturated carbocycles. The lowest BCUT2D eigenvalue weighted by Crippen LogP contribution is -2.30. The second-order valence-corrected chi connectivity index (χ2v) is 5.40. The third-order valence-corrected chi connectivity index (χ3v) is 3.12. The van der Waals surface area contributed by atoms with Gasteiger partial charge in [-0.1, -0.05) is 12.1 Å². The van der Waals surface area contributed by atoms with Crippen molar-refractivity contribution in [2.45, 2.75) is 13.8 Å². The van der Waals surface area contributed by atoms with Crippen molar-refractivity contribution in [3.8, 4) is 0 Å². The Morgan fingerprint density at radius 3 is 1.43 bits per heavy atom. The molecule has 4 amide bonds. The Hall–Kier alpha value is -3.82. The largest absolute Gasteiger partial charge is 0.466 e. The van der Waals surface area contributed by atoms with Crippen LogP contribution in [0.4, 0.5) is 21.0 Å². The van der Waals surface area contributed by atoms with Gasteiger partial charge in [0.1, 0.15) is 0 Å². The van der Waals surface area contributed by atoms with Gasteiger partial charge < -0.3 is 30.7 Å². The molecule has 0 aliphatic heterocycles. The minimum absolute atomic E-state index is 0.274. The van der Waals surface area contributed by atoms with E-state index in [1.54, 1.807) is 24.3 Å². The Morgan fingerprint density at radius 1 is 0.750 bits per heavy atom. The molecule has 0 unspecified atom stereocenters. The number of rotatable bonds is 6. The number of hydrogen-bond acceptors (Lipinski definition) is 6. The SMILES string of the molecule is COC(=O)/C=C(/C)NC(=O)Nc1ccccc1NC(=O)N/C(C)=C\C(=O)OC. The molecule has 0 atom stereocenters. The summed E-state index contributed by atoms with van der Waals surface area (Å²) in [6, 6.07) is 5.25. The molecule has 0 aromatic heterocycles. The first kappa shape index (κ1) is 22.2. The van der Waals surface area contributed by atoms with Crippen LogP contribution < -0.4 is 21.3 Å². The average Bonchev–Trinajstić information content (AvgIpc) is 2.62. The summed E-state index contributed by atoms with van der Waals surface area (Å²) in [6.07, 6.45) is 2.24. The van der Waals surface area contributed by atoms with E-state index in [2.05, 4.69) is 30.7 Å². The molecule has 0 heterocycles. The highest BCUT2D eigenvalue weighted by molar-refractivity contribution is 5.99. The maximum Gasteiger partial charge on any atom is 0.332 e. The summed E-state index contributed by atoms with van der Waals surface area (Å²) in [6.45, 7) is 3.04. The summed E-state index contributed by atoms with van der Waals surface area (Å²) < 4.78 is 8.94. The molecule has 28 heavy (non-hydrogen) atoms. The number of carbonyl (C=O) groups excluding carboxylic acids is 4. The van der Waals surface area contributed by atoms with E-state index in [0.717, 1.165) is 12.2 Å². The van der Waals surface area contributed by atoms with E-state index in [-0.39, 0.29) is 11.4 Å². The summed E-state index contributed by atoms with van der Waals surface area (Å²) in [5.41, 5.74) is 1.18. The van der Waals surface area contributed by atoms with Gasteiger partial charge in [0.15, 0.2) is 0 Å². The molecule has 0 bridgehead atoms. The maximum absolute atomic E-state index is 12.1. The fourth-order valence-corrected chi connectivity index (χ4v) is 1.91. The minimum Gasteiger partial charge on any atom is -0.466 e. The van der Waals surface area contributed by atoms with Crippen molar-refractivity contribution in [3.05, 3.63) is 47.8 Å². The Morgan fingerprint density at radius 2 is 1.11 bits per heavy atom. The van der Waals surface area contributed by atoms with Gasteiger partial charge in [0.05, 0.1) is 25.6 Å². The maximum atomic E-state index is 12.1. The second-order valence-electron chi connectivity index (χ2n) is 5.40. The highest BCUT2D eigenvalue weighted by atomic mass is 16.5. The van der Waals surface area contributed by atoms with Crippen molar-refractivity contribution in [2.24, 2.45) is 0 Å². The van der Waals surface area contributed by atoms with Gasteiger partial charge in [-0.2, -0.15) is 0 Å². The number of ether oxygens (including phenoxy) is 2. The molecule has 1 aromatic rings. The average molecular weight is 390 g/mol. The van der Waals surface area contributed by atoms with Crippen LogP contribution in [0.15, 0.2) is 47.8 Å². The molecule has 0 radical (unpaired) electrons. The van der Waals surface area contributed by atoms with Crippen LogP contribution >= 0.6 is 0 Å². The third-order valence-electron chi connectivity index (χ3n) is 3.12.